The smallest absolute Gasteiger partial charge is 0.343 e. The average Bonchev–Trinajstić information content (AvgIpc) is 2.89. The minimum absolute atomic E-state index is 0.0183. The molecular weight excluding hydrogens is 440 g/mol. The van der Waals surface area contributed by atoms with E-state index in [4.69, 9.17) is 4.74 Å². The number of fused-ring (bicyclic) bond motifs is 1. The SMILES string of the molecule is CCOC(=O)C1=C(C)Nc2ccccc2N=C1NC(=O)CSCC(=O)Nc1cccc(C)c1. The number of nitrogens with one attached hydrogen (secondary N) is 3. The summed E-state index contributed by atoms with van der Waals surface area (Å²) in [5.41, 5.74) is 3.72. The Balaban J connectivity index is 1.65. The molecule has 0 bridgehead atoms. The Morgan fingerprint density at radius 1 is 1.00 bits per heavy atom. The monoisotopic (exact) mass is 466 g/mol. The van der Waals surface area contributed by atoms with Crippen molar-refractivity contribution in [2.75, 3.05) is 28.7 Å². The van der Waals surface area contributed by atoms with Gasteiger partial charge in [0, 0.05) is 11.4 Å². The van der Waals surface area contributed by atoms with E-state index in [0.717, 1.165) is 5.56 Å². The first-order valence-corrected chi connectivity index (χ1v) is 11.6. The van der Waals surface area contributed by atoms with Crippen LogP contribution in [0.3, 0.4) is 0 Å². The van der Waals surface area contributed by atoms with Crippen molar-refractivity contribution in [2.24, 2.45) is 4.99 Å². The van der Waals surface area contributed by atoms with E-state index in [9.17, 15) is 14.4 Å². The first-order valence-electron chi connectivity index (χ1n) is 10.4. The molecule has 0 unspecified atom stereocenters. The zero-order valence-corrected chi connectivity index (χ0v) is 19.5. The number of amidine groups is 1. The molecule has 3 rings (SSSR count). The molecule has 0 saturated carbocycles. The number of thioether (sulfide) groups is 1. The summed E-state index contributed by atoms with van der Waals surface area (Å²) in [6.45, 7) is 5.57. The predicted molar refractivity (Wildman–Crippen MR) is 132 cm³/mol. The van der Waals surface area contributed by atoms with Crippen LogP contribution < -0.4 is 16.0 Å². The fourth-order valence-electron chi connectivity index (χ4n) is 3.16. The number of nitrogens with zero attached hydrogens (tertiary/aromatic N) is 1. The number of hydrogen-bond donors (Lipinski definition) is 3. The fraction of sp³-hybridized carbons (Fsp3) is 0.250. The lowest BCUT2D eigenvalue weighted by molar-refractivity contribution is -0.137. The highest BCUT2D eigenvalue weighted by Crippen LogP contribution is 2.30. The summed E-state index contributed by atoms with van der Waals surface area (Å²) in [7, 11) is 0. The molecule has 1 aliphatic heterocycles. The Morgan fingerprint density at radius 3 is 2.45 bits per heavy atom. The van der Waals surface area contributed by atoms with Gasteiger partial charge in [-0.25, -0.2) is 9.79 Å². The van der Waals surface area contributed by atoms with Gasteiger partial charge in [0.05, 0.1) is 29.5 Å². The minimum atomic E-state index is -0.584. The van der Waals surface area contributed by atoms with Crippen LogP contribution in [0, 0.1) is 6.92 Å². The van der Waals surface area contributed by atoms with Gasteiger partial charge in [-0.05, 0) is 50.6 Å². The number of anilines is 2. The average molecular weight is 467 g/mol. The van der Waals surface area contributed by atoms with Crippen LogP contribution in [0.25, 0.3) is 0 Å². The van der Waals surface area contributed by atoms with E-state index in [1.54, 1.807) is 19.9 Å². The van der Waals surface area contributed by atoms with Crippen molar-refractivity contribution in [3.05, 3.63) is 65.4 Å². The molecule has 2 aromatic carbocycles. The molecule has 33 heavy (non-hydrogen) atoms. The highest BCUT2D eigenvalue weighted by atomic mass is 32.2. The molecule has 0 atom stereocenters. The number of carbonyl (C=O) groups is 3. The number of allylic oxidation sites excluding steroid dienone is 1. The Kier molecular flexibility index (Phi) is 8.26. The van der Waals surface area contributed by atoms with Crippen LogP contribution in [0.15, 0.2) is 64.8 Å². The molecule has 2 amide bonds. The molecule has 0 spiro atoms. The summed E-state index contributed by atoms with van der Waals surface area (Å²) in [5, 5.41) is 8.67. The highest BCUT2D eigenvalue weighted by Gasteiger charge is 2.26. The lowest BCUT2D eigenvalue weighted by Crippen LogP contribution is -2.36. The maximum Gasteiger partial charge on any atom is 0.343 e. The molecular formula is C24H26N4O4S. The number of aliphatic imine (C=N–C) groups is 1. The number of rotatable bonds is 7. The van der Waals surface area contributed by atoms with Gasteiger partial charge in [0.15, 0.2) is 0 Å². The van der Waals surface area contributed by atoms with Crippen molar-refractivity contribution in [3.8, 4) is 0 Å². The van der Waals surface area contributed by atoms with Crippen molar-refractivity contribution in [1.82, 2.24) is 5.32 Å². The maximum atomic E-state index is 12.6. The van der Waals surface area contributed by atoms with Crippen LogP contribution >= 0.6 is 11.8 Å². The number of aryl methyl sites for hydroxylation is 1. The lowest BCUT2D eigenvalue weighted by atomic mass is 10.2. The van der Waals surface area contributed by atoms with Crippen LogP contribution in [0.2, 0.25) is 0 Å². The highest BCUT2D eigenvalue weighted by molar-refractivity contribution is 8.00. The number of ether oxygens (including phenoxy) is 1. The van der Waals surface area contributed by atoms with E-state index in [0.29, 0.717) is 22.8 Å². The molecule has 0 radical (unpaired) electrons. The molecule has 0 aliphatic carbocycles. The molecule has 1 aliphatic rings. The number of hydrogen-bond acceptors (Lipinski definition) is 7. The van der Waals surface area contributed by atoms with Crippen molar-refractivity contribution < 1.29 is 19.1 Å². The summed E-state index contributed by atoms with van der Waals surface area (Å²) in [6.07, 6.45) is 0. The van der Waals surface area contributed by atoms with Gasteiger partial charge >= 0.3 is 5.97 Å². The number of esters is 1. The van der Waals surface area contributed by atoms with Gasteiger partial charge in [-0.1, -0.05) is 24.3 Å². The largest absolute Gasteiger partial charge is 0.462 e. The normalized spacial score (nSPS) is 12.6. The van der Waals surface area contributed by atoms with E-state index >= 15 is 0 Å². The Morgan fingerprint density at radius 2 is 1.73 bits per heavy atom. The topological polar surface area (TPSA) is 109 Å². The molecule has 2 aromatic rings. The predicted octanol–water partition coefficient (Wildman–Crippen LogP) is 3.78. The maximum absolute atomic E-state index is 12.6. The lowest BCUT2D eigenvalue weighted by Gasteiger charge is -2.13. The van der Waals surface area contributed by atoms with Crippen LogP contribution in [-0.2, 0) is 19.1 Å². The zero-order valence-electron chi connectivity index (χ0n) is 18.7. The van der Waals surface area contributed by atoms with Crippen LogP contribution in [0.5, 0.6) is 0 Å². The molecule has 9 heteroatoms. The van der Waals surface area contributed by atoms with Gasteiger partial charge in [0.1, 0.15) is 11.4 Å². The quantitative estimate of drug-likeness (QED) is 0.536. The zero-order chi connectivity index (χ0) is 23.8. The van der Waals surface area contributed by atoms with Crippen molar-refractivity contribution in [3.63, 3.8) is 0 Å². The third-order valence-electron chi connectivity index (χ3n) is 4.58. The molecule has 0 fully saturated rings. The van der Waals surface area contributed by atoms with Crippen LogP contribution in [-0.4, -0.2) is 41.7 Å². The molecule has 0 aromatic heterocycles. The van der Waals surface area contributed by atoms with Crippen molar-refractivity contribution >= 4 is 52.4 Å². The third-order valence-corrected chi connectivity index (χ3v) is 5.51. The third kappa shape index (κ3) is 6.69. The van der Waals surface area contributed by atoms with Gasteiger partial charge in [-0.15, -0.1) is 11.8 Å². The molecule has 172 valence electrons. The number of carbonyl (C=O) groups excluding carboxylic acids is 3. The Bertz CT molecular complexity index is 1130. The molecule has 8 nitrogen and oxygen atoms in total. The Labute approximate surface area is 196 Å². The number of amides is 2. The minimum Gasteiger partial charge on any atom is -0.462 e. The first-order chi connectivity index (χ1) is 15.9. The van der Waals surface area contributed by atoms with E-state index in [2.05, 4.69) is 20.9 Å². The number of para-hydroxylation sites is 2. The number of benzene rings is 2. The van der Waals surface area contributed by atoms with E-state index < -0.39 is 5.97 Å². The Hall–Kier alpha value is -3.59. The second-order valence-corrected chi connectivity index (χ2v) is 8.27. The standard InChI is InChI=1S/C24H26N4O4S/c1-4-32-24(31)22-16(3)25-18-10-5-6-11-19(18)27-23(22)28-21(30)14-33-13-20(29)26-17-9-7-8-15(2)12-17/h5-12,25H,4,13-14H2,1-3H3,(H,26,29)(H,27,28,30). The summed E-state index contributed by atoms with van der Waals surface area (Å²) in [5.74, 6) is -0.928. The van der Waals surface area contributed by atoms with E-state index in [1.165, 1.54) is 11.8 Å². The van der Waals surface area contributed by atoms with E-state index in [-0.39, 0.29) is 41.3 Å². The van der Waals surface area contributed by atoms with Crippen molar-refractivity contribution in [1.29, 1.82) is 0 Å². The van der Waals surface area contributed by atoms with E-state index in [1.807, 2.05) is 49.4 Å². The van der Waals surface area contributed by atoms with Crippen LogP contribution in [0.4, 0.5) is 17.1 Å². The summed E-state index contributed by atoms with van der Waals surface area (Å²) in [4.78, 5) is 41.9. The van der Waals surface area contributed by atoms with Gasteiger partial charge in [-0.2, -0.15) is 0 Å². The van der Waals surface area contributed by atoms with Gasteiger partial charge < -0.3 is 20.7 Å². The molecule has 3 N–H and O–H groups in total. The molecule has 0 saturated heterocycles. The van der Waals surface area contributed by atoms with Gasteiger partial charge in [0.2, 0.25) is 11.8 Å². The molecule has 1 heterocycles. The van der Waals surface area contributed by atoms with Gasteiger partial charge in [-0.3, -0.25) is 9.59 Å². The van der Waals surface area contributed by atoms with Gasteiger partial charge in [0.25, 0.3) is 0 Å². The second kappa shape index (κ2) is 11.3. The van der Waals surface area contributed by atoms with Crippen LogP contribution in [0.1, 0.15) is 19.4 Å². The summed E-state index contributed by atoms with van der Waals surface area (Å²) < 4.78 is 5.17. The summed E-state index contributed by atoms with van der Waals surface area (Å²) in [6, 6.07) is 14.8. The fourth-order valence-corrected chi connectivity index (χ4v) is 3.78. The van der Waals surface area contributed by atoms with Crippen molar-refractivity contribution in [2.45, 2.75) is 20.8 Å². The first kappa shape index (κ1) is 24.1. The second-order valence-electron chi connectivity index (χ2n) is 7.28. The summed E-state index contributed by atoms with van der Waals surface area (Å²) >= 11 is 1.17.